The van der Waals surface area contributed by atoms with Crippen LogP contribution in [0.25, 0.3) is 0 Å². The number of ether oxygens (including phenoxy) is 1. The fourth-order valence-electron chi connectivity index (χ4n) is 5.10. The molecule has 0 bridgehead atoms. The molecule has 0 aliphatic carbocycles. The monoisotopic (exact) mass is 631 g/mol. The third-order valence-corrected chi connectivity index (χ3v) is 8.00. The first kappa shape index (κ1) is 45.0. The molecule has 0 heterocycles. The summed E-state index contributed by atoms with van der Waals surface area (Å²) in [7, 11) is 1.39. The highest BCUT2D eigenvalue weighted by Crippen LogP contribution is 2.13. The van der Waals surface area contributed by atoms with Crippen LogP contribution in [0.4, 0.5) is 0 Å². The molecule has 0 aromatic heterocycles. The van der Waals surface area contributed by atoms with Crippen molar-refractivity contribution >= 4 is 11.9 Å². The molecular weight excluding hydrogens is 556 g/mol. The first-order valence-corrected chi connectivity index (χ1v) is 19.0. The molecule has 0 aliphatic rings. The summed E-state index contributed by atoms with van der Waals surface area (Å²) in [4.78, 5) is 21.2. The molecule has 0 spiro atoms. The van der Waals surface area contributed by atoms with Gasteiger partial charge < -0.3 is 9.84 Å². The number of carbonyl (C=O) groups is 2. The van der Waals surface area contributed by atoms with Crippen LogP contribution in [-0.2, 0) is 14.3 Å². The molecule has 0 fully saturated rings. The van der Waals surface area contributed by atoms with Gasteiger partial charge in [0.05, 0.1) is 7.11 Å². The van der Waals surface area contributed by atoms with Crippen molar-refractivity contribution in [3.05, 3.63) is 48.6 Å². The van der Waals surface area contributed by atoms with Crippen molar-refractivity contribution in [1.29, 1.82) is 0 Å². The van der Waals surface area contributed by atoms with Gasteiger partial charge >= 0.3 is 11.9 Å². The van der Waals surface area contributed by atoms with Crippen LogP contribution in [0, 0.1) is 0 Å². The topological polar surface area (TPSA) is 63.6 Å². The number of rotatable bonds is 32. The second kappa shape index (κ2) is 41.9. The Balaban J connectivity index is 0. The maximum atomic E-state index is 10.8. The van der Waals surface area contributed by atoms with Gasteiger partial charge in [-0.3, -0.25) is 4.79 Å². The third kappa shape index (κ3) is 46.4. The Morgan fingerprint density at radius 2 is 0.867 bits per heavy atom. The van der Waals surface area contributed by atoms with Crippen LogP contribution < -0.4 is 0 Å². The number of carboxylic acid groups (broad SMARTS) is 1. The van der Waals surface area contributed by atoms with E-state index >= 15 is 0 Å². The number of unbranched alkanes of at least 4 members (excludes halogenated alkanes) is 23. The molecule has 0 atom stereocenters. The third-order valence-electron chi connectivity index (χ3n) is 8.00. The molecule has 4 nitrogen and oxygen atoms in total. The van der Waals surface area contributed by atoms with E-state index in [0.717, 1.165) is 25.7 Å². The number of allylic oxidation sites excluding steroid dienone is 7. The van der Waals surface area contributed by atoms with E-state index in [1.807, 2.05) is 6.08 Å². The zero-order valence-corrected chi connectivity index (χ0v) is 30.1. The van der Waals surface area contributed by atoms with Crippen LogP contribution in [0.5, 0.6) is 0 Å². The molecule has 0 unspecified atom stereocenters. The average molecular weight is 631 g/mol. The Kier molecular flexibility index (Phi) is 41.9. The number of carbonyl (C=O) groups excluding carboxylic acids is 1. The minimum atomic E-state index is -0.664. The average Bonchev–Trinajstić information content (AvgIpc) is 3.04. The van der Waals surface area contributed by atoms with E-state index in [0.29, 0.717) is 6.42 Å². The standard InChI is InChI=1S/C21H38O2.C20H36O2/c1-3-4-5-6-7-8-9-10-11-12-13-14-15-16-17-18-19-20-21(22)23-2;1-2-3-4-5-6-7-8-9-10-11-12-13-14-15-16-17-18-19-20(21)22/h17-20H,3-16H2,1-2H3;6-7,9-10H,2-5,8,11-19H2,1H3,(H,21,22)/b;7-6?,10-9-. The molecule has 0 saturated carbocycles. The number of esters is 1. The molecule has 1 N–H and O–H groups in total. The SMILES string of the molecule is CCCCCC=CC/C=C\CCCCCCCCCC(=O)O.CCCCCCCCCCCCCCCC=CC=CC(=O)OC. The van der Waals surface area contributed by atoms with Gasteiger partial charge in [0, 0.05) is 12.5 Å². The quantitative estimate of drug-likeness (QED) is 0.0264. The normalized spacial score (nSPS) is 11.6. The Morgan fingerprint density at radius 1 is 0.489 bits per heavy atom. The van der Waals surface area contributed by atoms with Crippen molar-refractivity contribution in [3.8, 4) is 0 Å². The molecule has 0 radical (unpaired) electrons. The Hall–Kier alpha value is -2.10. The minimum absolute atomic E-state index is 0.296. The maximum Gasteiger partial charge on any atom is 0.330 e. The van der Waals surface area contributed by atoms with Crippen molar-refractivity contribution in [2.45, 2.75) is 194 Å². The summed E-state index contributed by atoms with van der Waals surface area (Å²) in [5.41, 5.74) is 0. The van der Waals surface area contributed by atoms with Crippen molar-refractivity contribution in [2.75, 3.05) is 7.11 Å². The van der Waals surface area contributed by atoms with Crippen LogP contribution >= 0.6 is 0 Å². The lowest BCUT2D eigenvalue weighted by Gasteiger charge is -2.02. The molecule has 4 heteroatoms. The van der Waals surface area contributed by atoms with Crippen LogP contribution in [-0.4, -0.2) is 24.2 Å². The summed E-state index contributed by atoms with van der Waals surface area (Å²) < 4.78 is 4.52. The van der Waals surface area contributed by atoms with E-state index in [9.17, 15) is 9.59 Å². The van der Waals surface area contributed by atoms with Crippen molar-refractivity contribution in [2.24, 2.45) is 0 Å². The second-order valence-electron chi connectivity index (χ2n) is 12.4. The smallest absolute Gasteiger partial charge is 0.330 e. The summed E-state index contributed by atoms with van der Waals surface area (Å²) in [5, 5.41) is 8.53. The minimum Gasteiger partial charge on any atom is -0.481 e. The van der Waals surface area contributed by atoms with Gasteiger partial charge in [-0.1, -0.05) is 178 Å². The van der Waals surface area contributed by atoms with E-state index < -0.39 is 5.97 Å². The lowest BCUT2D eigenvalue weighted by molar-refractivity contribution is -0.137. The van der Waals surface area contributed by atoms with Gasteiger partial charge in [-0.25, -0.2) is 4.79 Å². The number of carboxylic acids is 1. The fraction of sp³-hybridized carbons (Fsp3) is 0.756. The summed E-state index contributed by atoms with van der Waals surface area (Å²) in [5.74, 6) is -0.960. The number of hydrogen-bond acceptors (Lipinski definition) is 3. The molecule has 0 saturated heterocycles. The second-order valence-corrected chi connectivity index (χ2v) is 12.4. The summed E-state index contributed by atoms with van der Waals surface area (Å²) in [6.45, 7) is 4.52. The fourth-order valence-corrected chi connectivity index (χ4v) is 5.10. The summed E-state index contributed by atoms with van der Waals surface area (Å²) in [6.07, 6.45) is 51.7. The van der Waals surface area contributed by atoms with Gasteiger partial charge in [-0.05, 0) is 51.4 Å². The predicted octanol–water partition coefficient (Wildman–Crippen LogP) is 13.4. The summed E-state index contributed by atoms with van der Waals surface area (Å²) in [6, 6.07) is 0. The van der Waals surface area contributed by atoms with Crippen LogP contribution in [0.2, 0.25) is 0 Å². The van der Waals surface area contributed by atoms with Crippen molar-refractivity contribution in [1.82, 2.24) is 0 Å². The maximum absolute atomic E-state index is 10.8. The van der Waals surface area contributed by atoms with Gasteiger partial charge in [0.15, 0.2) is 0 Å². The van der Waals surface area contributed by atoms with Crippen LogP contribution in [0.3, 0.4) is 0 Å². The van der Waals surface area contributed by atoms with Gasteiger partial charge in [0.25, 0.3) is 0 Å². The first-order valence-electron chi connectivity index (χ1n) is 19.0. The van der Waals surface area contributed by atoms with E-state index in [-0.39, 0.29) is 5.97 Å². The Labute approximate surface area is 280 Å². The van der Waals surface area contributed by atoms with E-state index in [1.54, 1.807) is 6.08 Å². The molecule has 0 aromatic rings. The highest BCUT2D eigenvalue weighted by molar-refractivity contribution is 5.82. The van der Waals surface area contributed by atoms with Crippen molar-refractivity contribution < 1.29 is 19.4 Å². The van der Waals surface area contributed by atoms with Crippen LogP contribution in [0.15, 0.2) is 48.6 Å². The predicted molar refractivity (Wildman–Crippen MR) is 197 cm³/mol. The molecule has 0 rings (SSSR count). The van der Waals surface area contributed by atoms with Gasteiger partial charge in [-0.15, -0.1) is 0 Å². The number of aliphatic carboxylic acids is 1. The first-order chi connectivity index (χ1) is 22.1. The number of methoxy groups -OCH3 is 1. The summed E-state index contributed by atoms with van der Waals surface area (Å²) >= 11 is 0. The lowest BCUT2D eigenvalue weighted by Crippen LogP contribution is -1.93. The molecule has 0 amide bonds. The lowest BCUT2D eigenvalue weighted by atomic mass is 10.0. The van der Waals surface area contributed by atoms with Crippen molar-refractivity contribution in [3.63, 3.8) is 0 Å². The molecule has 0 aromatic carbocycles. The van der Waals surface area contributed by atoms with Gasteiger partial charge in [-0.2, -0.15) is 0 Å². The zero-order valence-electron chi connectivity index (χ0n) is 30.1. The molecule has 0 aliphatic heterocycles. The van der Waals surface area contributed by atoms with E-state index in [1.165, 1.54) is 161 Å². The van der Waals surface area contributed by atoms with Gasteiger partial charge in [0.1, 0.15) is 0 Å². The Morgan fingerprint density at radius 3 is 1.31 bits per heavy atom. The molecule has 45 heavy (non-hydrogen) atoms. The number of hydrogen-bond donors (Lipinski definition) is 1. The van der Waals surface area contributed by atoms with Crippen LogP contribution in [0.1, 0.15) is 194 Å². The molecule has 262 valence electrons. The highest BCUT2D eigenvalue weighted by atomic mass is 16.5. The highest BCUT2D eigenvalue weighted by Gasteiger charge is 1.96. The molecular formula is C41H74O4. The van der Waals surface area contributed by atoms with E-state index in [2.05, 4.69) is 49.0 Å². The largest absolute Gasteiger partial charge is 0.481 e. The Bertz CT molecular complexity index is 719. The zero-order chi connectivity index (χ0) is 33.3. The van der Waals surface area contributed by atoms with E-state index in [4.69, 9.17) is 5.11 Å². The van der Waals surface area contributed by atoms with Gasteiger partial charge in [0.2, 0.25) is 0 Å².